The average molecular weight is 279 g/mol. The number of nitrogens with one attached hydrogen (secondary N) is 1. The average Bonchev–Trinajstić information content (AvgIpc) is 2.82. The van der Waals surface area contributed by atoms with E-state index in [1.165, 1.54) is 17.7 Å². The first-order chi connectivity index (χ1) is 9.26. The molecule has 114 valence electrons. The molecular weight excluding hydrogens is 250 g/mol. The smallest absolute Gasteiger partial charge is 0.0775 e. The van der Waals surface area contributed by atoms with Crippen molar-refractivity contribution < 1.29 is 4.74 Å². The number of rotatable bonds is 4. The largest absolute Gasteiger partial charge is 0.373 e. The summed E-state index contributed by atoms with van der Waals surface area (Å²) in [6.07, 6.45) is 3.04. The first kappa shape index (κ1) is 15.5. The SMILES string of the molecule is Cc1nn(CC2CCC(C)O2)c(C)c1CNC(C)(C)C. The molecule has 20 heavy (non-hydrogen) atoms. The van der Waals surface area contributed by atoms with Gasteiger partial charge in [0.1, 0.15) is 0 Å². The number of nitrogens with zero attached hydrogens (tertiary/aromatic N) is 2. The van der Waals surface area contributed by atoms with Crippen molar-refractivity contribution >= 4 is 0 Å². The third-order valence-electron chi connectivity index (χ3n) is 4.02. The molecule has 2 unspecified atom stereocenters. The van der Waals surface area contributed by atoms with Crippen LogP contribution in [0.15, 0.2) is 0 Å². The van der Waals surface area contributed by atoms with Crippen LogP contribution in [0.3, 0.4) is 0 Å². The highest BCUT2D eigenvalue weighted by Gasteiger charge is 2.24. The van der Waals surface area contributed by atoms with E-state index in [0.29, 0.717) is 12.2 Å². The monoisotopic (exact) mass is 279 g/mol. The molecule has 1 aromatic rings. The second-order valence-electron chi connectivity index (χ2n) is 7.08. The summed E-state index contributed by atoms with van der Waals surface area (Å²) in [7, 11) is 0. The Morgan fingerprint density at radius 1 is 1.30 bits per heavy atom. The number of hydrogen-bond acceptors (Lipinski definition) is 3. The zero-order valence-corrected chi connectivity index (χ0v) is 13.8. The maximum Gasteiger partial charge on any atom is 0.0775 e. The molecule has 4 nitrogen and oxygen atoms in total. The first-order valence-corrected chi connectivity index (χ1v) is 7.69. The van der Waals surface area contributed by atoms with Gasteiger partial charge in [0.2, 0.25) is 0 Å². The maximum absolute atomic E-state index is 5.91. The Labute approximate surface area is 122 Å². The summed E-state index contributed by atoms with van der Waals surface area (Å²) in [6.45, 7) is 14.7. The molecule has 4 heteroatoms. The highest BCUT2D eigenvalue weighted by molar-refractivity contribution is 5.24. The van der Waals surface area contributed by atoms with Gasteiger partial charge in [0.05, 0.1) is 24.4 Å². The van der Waals surface area contributed by atoms with Crippen molar-refractivity contribution in [2.24, 2.45) is 0 Å². The van der Waals surface area contributed by atoms with Crippen molar-refractivity contribution in [2.75, 3.05) is 0 Å². The van der Waals surface area contributed by atoms with Gasteiger partial charge in [-0.25, -0.2) is 0 Å². The Bertz CT molecular complexity index is 459. The van der Waals surface area contributed by atoms with E-state index in [1.54, 1.807) is 0 Å². The first-order valence-electron chi connectivity index (χ1n) is 7.69. The Hall–Kier alpha value is -0.870. The molecule has 0 saturated carbocycles. The molecule has 1 aliphatic rings. The minimum Gasteiger partial charge on any atom is -0.373 e. The summed E-state index contributed by atoms with van der Waals surface area (Å²) in [6, 6.07) is 0. The van der Waals surface area contributed by atoms with Gasteiger partial charge >= 0.3 is 0 Å². The van der Waals surface area contributed by atoms with Gasteiger partial charge < -0.3 is 10.1 Å². The highest BCUT2D eigenvalue weighted by Crippen LogP contribution is 2.22. The van der Waals surface area contributed by atoms with E-state index in [9.17, 15) is 0 Å². The fraction of sp³-hybridized carbons (Fsp3) is 0.812. The van der Waals surface area contributed by atoms with Gasteiger partial charge in [0, 0.05) is 23.3 Å². The lowest BCUT2D eigenvalue weighted by atomic mass is 10.1. The van der Waals surface area contributed by atoms with Gasteiger partial charge in [0.15, 0.2) is 0 Å². The quantitative estimate of drug-likeness (QED) is 0.921. The molecule has 0 amide bonds. The molecule has 1 fully saturated rings. The molecule has 0 aliphatic carbocycles. The number of aryl methyl sites for hydroxylation is 1. The van der Waals surface area contributed by atoms with Gasteiger partial charge in [-0.05, 0) is 54.4 Å². The van der Waals surface area contributed by atoms with E-state index in [0.717, 1.165) is 25.2 Å². The minimum absolute atomic E-state index is 0.130. The van der Waals surface area contributed by atoms with Crippen molar-refractivity contribution in [1.29, 1.82) is 0 Å². The molecule has 2 rings (SSSR count). The second kappa shape index (κ2) is 5.86. The van der Waals surface area contributed by atoms with E-state index in [2.05, 4.69) is 51.5 Å². The minimum atomic E-state index is 0.130. The summed E-state index contributed by atoms with van der Waals surface area (Å²) in [5.74, 6) is 0. The Balaban J connectivity index is 2.04. The second-order valence-corrected chi connectivity index (χ2v) is 7.08. The van der Waals surface area contributed by atoms with Crippen LogP contribution in [-0.4, -0.2) is 27.5 Å². The van der Waals surface area contributed by atoms with Gasteiger partial charge in [0.25, 0.3) is 0 Å². The lowest BCUT2D eigenvalue weighted by Crippen LogP contribution is -2.35. The number of hydrogen-bond donors (Lipinski definition) is 1. The van der Waals surface area contributed by atoms with Crippen LogP contribution in [0.4, 0.5) is 0 Å². The predicted molar refractivity (Wildman–Crippen MR) is 81.9 cm³/mol. The van der Waals surface area contributed by atoms with Crippen molar-refractivity contribution in [3.05, 3.63) is 17.0 Å². The molecule has 0 bridgehead atoms. The van der Waals surface area contributed by atoms with Crippen LogP contribution in [-0.2, 0) is 17.8 Å². The van der Waals surface area contributed by atoms with E-state index in [-0.39, 0.29) is 5.54 Å². The third-order valence-corrected chi connectivity index (χ3v) is 4.02. The topological polar surface area (TPSA) is 39.1 Å². The van der Waals surface area contributed by atoms with Crippen LogP contribution < -0.4 is 5.32 Å². The molecule has 0 aromatic carbocycles. The lowest BCUT2D eigenvalue weighted by molar-refractivity contribution is 0.0433. The van der Waals surface area contributed by atoms with Crippen LogP contribution in [0.5, 0.6) is 0 Å². The zero-order valence-electron chi connectivity index (χ0n) is 13.8. The zero-order chi connectivity index (χ0) is 14.9. The molecule has 1 aromatic heterocycles. The third kappa shape index (κ3) is 3.83. The fourth-order valence-electron chi connectivity index (χ4n) is 2.73. The van der Waals surface area contributed by atoms with Crippen molar-refractivity contribution in [3.8, 4) is 0 Å². The summed E-state index contributed by atoms with van der Waals surface area (Å²) in [4.78, 5) is 0. The normalized spacial score (nSPS) is 23.5. The summed E-state index contributed by atoms with van der Waals surface area (Å²) in [5, 5.41) is 8.25. The van der Waals surface area contributed by atoms with Crippen LogP contribution >= 0.6 is 0 Å². The summed E-state index contributed by atoms with van der Waals surface area (Å²) in [5.41, 5.74) is 3.85. The Morgan fingerprint density at radius 2 is 2.00 bits per heavy atom. The molecule has 1 aliphatic heterocycles. The number of aromatic nitrogens is 2. The van der Waals surface area contributed by atoms with Gasteiger partial charge in [-0.2, -0.15) is 5.10 Å². The Morgan fingerprint density at radius 3 is 2.55 bits per heavy atom. The van der Waals surface area contributed by atoms with Crippen LogP contribution in [0, 0.1) is 13.8 Å². The molecule has 0 radical (unpaired) electrons. The molecule has 1 saturated heterocycles. The van der Waals surface area contributed by atoms with E-state index < -0.39 is 0 Å². The molecular formula is C16H29N3O. The van der Waals surface area contributed by atoms with Crippen molar-refractivity contribution in [2.45, 2.75) is 85.2 Å². The van der Waals surface area contributed by atoms with Gasteiger partial charge in [-0.1, -0.05) is 0 Å². The van der Waals surface area contributed by atoms with E-state index >= 15 is 0 Å². The van der Waals surface area contributed by atoms with Crippen LogP contribution in [0.25, 0.3) is 0 Å². The van der Waals surface area contributed by atoms with Gasteiger partial charge in [-0.3, -0.25) is 4.68 Å². The molecule has 2 atom stereocenters. The van der Waals surface area contributed by atoms with Gasteiger partial charge in [-0.15, -0.1) is 0 Å². The standard InChI is InChI=1S/C16H29N3O/c1-11-7-8-14(20-11)10-19-13(3)15(12(2)18-19)9-17-16(4,5)6/h11,14,17H,7-10H2,1-6H3. The molecule has 0 spiro atoms. The van der Waals surface area contributed by atoms with Crippen LogP contribution in [0.2, 0.25) is 0 Å². The Kier molecular flexibility index (Phi) is 4.55. The molecule has 2 heterocycles. The predicted octanol–water partition coefficient (Wildman–Crippen LogP) is 2.96. The van der Waals surface area contributed by atoms with Crippen molar-refractivity contribution in [3.63, 3.8) is 0 Å². The van der Waals surface area contributed by atoms with Crippen LogP contribution in [0.1, 0.15) is 57.5 Å². The summed E-state index contributed by atoms with van der Waals surface area (Å²) < 4.78 is 8.03. The number of ether oxygens (including phenoxy) is 1. The van der Waals surface area contributed by atoms with E-state index in [4.69, 9.17) is 9.84 Å². The molecule has 1 N–H and O–H groups in total. The van der Waals surface area contributed by atoms with E-state index in [1.807, 2.05) is 0 Å². The lowest BCUT2D eigenvalue weighted by Gasteiger charge is -2.20. The fourth-order valence-corrected chi connectivity index (χ4v) is 2.73. The highest BCUT2D eigenvalue weighted by atomic mass is 16.5. The summed E-state index contributed by atoms with van der Waals surface area (Å²) >= 11 is 0. The maximum atomic E-state index is 5.91. The van der Waals surface area contributed by atoms with Crippen molar-refractivity contribution in [1.82, 2.24) is 15.1 Å².